The molecule has 0 aliphatic carbocycles. The number of alkyl halides is 3. The summed E-state index contributed by atoms with van der Waals surface area (Å²) in [6.07, 6.45) is -3.38. The number of hydrogen-bond acceptors (Lipinski definition) is 5. The number of carbonyl (C=O) groups excluding carboxylic acids is 1. The van der Waals surface area contributed by atoms with Crippen LogP contribution in [0.4, 0.5) is 18.9 Å². The maximum absolute atomic E-state index is 12.5. The lowest BCUT2D eigenvalue weighted by Crippen LogP contribution is -2.17. The number of hydrogen-bond donors (Lipinski definition) is 3. The van der Waals surface area contributed by atoms with Crippen LogP contribution in [-0.2, 0) is 0 Å². The minimum Gasteiger partial charge on any atom is -0.455 e. The highest BCUT2D eigenvalue weighted by Crippen LogP contribution is 2.28. The van der Waals surface area contributed by atoms with Gasteiger partial charge in [-0.1, -0.05) is 12.1 Å². The molecule has 0 fully saturated rings. The number of benzene rings is 2. The second-order valence-corrected chi connectivity index (χ2v) is 6.27. The van der Waals surface area contributed by atoms with Crippen molar-refractivity contribution in [2.24, 2.45) is 0 Å². The van der Waals surface area contributed by atoms with E-state index in [-0.39, 0.29) is 11.3 Å². The van der Waals surface area contributed by atoms with Crippen molar-refractivity contribution < 1.29 is 27.4 Å². The van der Waals surface area contributed by atoms with Crippen LogP contribution in [0.3, 0.4) is 0 Å². The van der Waals surface area contributed by atoms with Crippen molar-refractivity contribution in [2.45, 2.75) is 6.36 Å². The van der Waals surface area contributed by atoms with Crippen molar-refractivity contribution >= 4 is 22.8 Å². The Morgan fingerprint density at radius 3 is 2.58 bits per heavy atom. The Labute approximate surface area is 171 Å². The molecule has 31 heavy (non-hydrogen) atoms. The number of aromatic nitrogens is 3. The number of anilines is 1. The summed E-state index contributed by atoms with van der Waals surface area (Å²) >= 11 is 0. The highest BCUT2D eigenvalue weighted by molar-refractivity contribution is 6.04. The lowest BCUT2D eigenvalue weighted by Gasteiger charge is -2.11. The zero-order valence-electron chi connectivity index (χ0n) is 15.5. The van der Waals surface area contributed by atoms with Gasteiger partial charge in [-0.25, -0.2) is 9.78 Å². The van der Waals surface area contributed by atoms with Crippen molar-refractivity contribution in [1.82, 2.24) is 15.0 Å². The molecule has 0 unspecified atom stereocenters. The smallest absolute Gasteiger partial charge is 0.455 e. The van der Waals surface area contributed by atoms with Gasteiger partial charge in [-0.05, 0) is 30.3 Å². The molecule has 2 aromatic carbocycles. The van der Waals surface area contributed by atoms with Crippen LogP contribution in [0.25, 0.3) is 11.2 Å². The fourth-order valence-corrected chi connectivity index (χ4v) is 2.80. The van der Waals surface area contributed by atoms with Crippen LogP contribution in [0.5, 0.6) is 17.2 Å². The molecule has 0 saturated carbocycles. The van der Waals surface area contributed by atoms with Gasteiger partial charge in [0.25, 0.3) is 5.91 Å². The highest BCUT2D eigenvalue weighted by atomic mass is 19.4. The number of amides is 1. The Balaban J connectivity index is 1.52. The fraction of sp³-hybridized carbons (Fsp3) is 0.0500. The first kappa shape index (κ1) is 20.0. The minimum absolute atomic E-state index is 0.124. The van der Waals surface area contributed by atoms with Gasteiger partial charge in [0.15, 0.2) is 11.4 Å². The molecule has 0 saturated heterocycles. The quantitative estimate of drug-likeness (QED) is 0.440. The van der Waals surface area contributed by atoms with Gasteiger partial charge >= 0.3 is 12.1 Å². The van der Waals surface area contributed by atoms with E-state index in [1.54, 1.807) is 18.2 Å². The van der Waals surface area contributed by atoms with Crippen molar-refractivity contribution in [2.75, 3.05) is 5.32 Å². The van der Waals surface area contributed by atoms with Gasteiger partial charge in [-0.2, -0.15) is 0 Å². The number of H-pyrrole nitrogens is 2. The summed E-state index contributed by atoms with van der Waals surface area (Å²) in [7, 11) is 0. The number of halogens is 3. The molecule has 2 aromatic heterocycles. The average molecular weight is 430 g/mol. The van der Waals surface area contributed by atoms with E-state index in [9.17, 15) is 22.8 Å². The molecule has 8 nitrogen and oxygen atoms in total. The molecular formula is C20H13F3N4O4. The summed E-state index contributed by atoms with van der Waals surface area (Å²) in [6, 6.07) is 12.6. The number of nitrogens with one attached hydrogen (secondary N) is 3. The Morgan fingerprint density at radius 2 is 1.77 bits per heavy atom. The summed E-state index contributed by atoms with van der Waals surface area (Å²) in [5.41, 5.74) is 0.566. The molecule has 0 spiro atoms. The van der Waals surface area contributed by atoms with Gasteiger partial charge < -0.3 is 19.8 Å². The lowest BCUT2D eigenvalue weighted by molar-refractivity contribution is -0.274. The maximum Gasteiger partial charge on any atom is 0.573 e. The zero-order valence-corrected chi connectivity index (χ0v) is 15.5. The van der Waals surface area contributed by atoms with Crippen LogP contribution in [0.2, 0.25) is 0 Å². The van der Waals surface area contributed by atoms with Gasteiger partial charge in [0.05, 0.1) is 0 Å². The molecule has 3 N–H and O–H groups in total. The topological polar surface area (TPSA) is 109 Å². The Morgan fingerprint density at radius 1 is 1.00 bits per heavy atom. The van der Waals surface area contributed by atoms with Crippen molar-refractivity contribution in [3.63, 3.8) is 0 Å². The largest absolute Gasteiger partial charge is 0.573 e. The first-order chi connectivity index (χ1) is 14.8. The van der Waals surface area contributed by atoms with E-state index in [1.165, 1.54) is 30.5 Å². The predicted octanol–water partition coefficient (Wildman–Crippen LogP) is 4.19. The predicted molar refractivity (Wildman–Crippen MR) is 104 cm³/mol. The molecular weight excluding hydrogens is 417 g/mol. The van der Waals surface area contributed by atoms with Crippen LogP contribution in [0.1, 0.15) is 10.4 Å². The van der Waals surface area contributed by atoms with Crippen molar-refractivity contribution in [1.29, 1.82) is 0 Å². The third-order valence-corrected chi connectivity index (χ3v) is 4.03. The highest BCUT2D eigenvalue weighted by Gasteiger charge is 2.31. The summed E-state index contributed by atoms with van der Waals surface area (Å²) in [5.74, 6) is -0.400. The Kier molecular flexibility index (Phi) is 5.07. The third-order valence-electron chi connectivity index (χ3n) is 4.03. The molecule has 11 heteroatoms. The van der Waals surface area contributed by atoms with Crippen LogP contribution in [0.15, 0.2) is 65.6 Å². The number of fused-ring (bicyclic) bond motifs is 1. The molecule has 0 bridgehead atoms. The Hall–Kier alpha value is -4.28. The average Bonchev–Trinajstić information content (AvgIpc) is 3.08. The first-order valence-corrected chi connectivity index (χ1v) is 8.79. The number of rotatable bonds is 5. The molecule has 0 atom stereocenters. The summed E-state index contributed by atoms with van der Waals surface area (Å²) in [4.78, 5) is 33.1. The molecule has 0 radical (unpaired) electrons. The van der Waals surface area contributed by atoms with Crippen molar-refractivity contribution in [3.8, 4) is 17.2 Å². The molecule has 0 aliphatic rings. The molecule has 4 rings (SSSR count). The second-order valence-electron chi connectivity index (χ2n) is 6.27. The standard InChI is InChI=1S/C20H13F3N4O4/c21-20(22,23)31-14-6-2-4-12(10-14)25-18(28)11-3-1-5-13(9-11)30-15-7-8-24-17-16(15)26-19(29)27-17/h1-10H,(H,25,28)(H2,24,26,27,29). The second kappa shape index (κ2) is 7.86. The van der Waals surface area contributed by atoms with E-state index in [0.29, 0.717) is 22.7 Å². The number of nitrogens with zero attached hydrogens (tertiary/aromatic N) is 1. The SMILES string of the molecule is O=C(Nc1cccc(OC(F)(F)F)c1)c1cccc(Oc2ccnc3[nH]c(=O)[nH]c23)c1. The molecule has 158 valence electrons. The first-order valence-electron chi connectivity index (χ1n) is 8.79. The van der Waals surface area contributed by atoms with E-state index < -0.39 is 23.7 Å². The van der Waals surface area contributed by atoms with Gasteiger partial charge in [0, 0.05) is 29.6 Å². The summed E-state index contributed by atoms with van der Waals surface area (Å²) < 4.78 is 46.7. The summed E-state index contributed by atoms with van der Waals surface area (Å²) in [5, 5.41) is 2.50. The number of pyridine rings is 1. The molecule has 2 heterocycles. The molecule has 1 amide bonds. The van der Waals surface area contributed by atoms with Crippen molar-refractivity contribution in [3.05, 3.63) is 76.8 Å². The minimum atomic E-state index is -4.84. The van der Waals surface area contributed by atoms with E-state index in [4.69, 9.17) is 4.74 Å². The zero-order chi connectivity index (χ0) is 22.0. The van der Waals surface area contributed by atoms with Crippen LogP contribution < -0.4 is 20.5 Å². The van der Waals surface area contributed by atoms with Gasteiger partial charge in [-0.15, -0.1) is 13.2 Å². The molecule has 0 aliphatic heterocycles. The normalized spacial score (nSPS) is 11.3. The lowest BCUT2D eigenvalue weighted by atomic mass is 10.2. The third kappa shape index (κ3) is 4.83. The van der Waals surface area contributed by atoms with E-state index in [0.717, 1.165) is 12.1 Å². The number of carbonyl (C=O) groups is 1. The van der Waals surface area contributed by atoms with E-state index in [2.05, 4.69) is 25.0 Å². The number of aromatic amines is 2. The van der Waals surface area contributed by atoms with Gasteiger partial charge in [0.1, 0.15) is 17.0 Å². The van der Waals surface area contributed by atoms with Crippen LogP contribution in [-0.4, -0.2) is 27.2 Å². The summed E-state index contributed by atoms with van der Waals surface area (Å²) in [6.45, 7) is 0. The van der Waals surface area contributed by atoms with E-state index in [1.807, 2.05) is 0 Å². The Bertz CT molecular complexity index is 1310. The number of ether oxygens (including phenoxy) is 2. The van der Waals surface area contributed by atoms with Crippen LogP contribution in [0, 0.1) is 0 Å². The van der Waals surface area contributed by atoms with E-state index >= 15 is 0 Å². The van der Waals surface area contributed by atoms with Gasteiger partial charge in [0.2, 0.25) is 0 Å². The maximum atomic E-state index is 12.5. The fourth-order valence-electron chi connectivity index (χ4n) is 2.80. The monoisotopic (exact) mass is 430 g/mol. The molecule has 4 aromatic rings. The van der Waals surface area contributed by atoms with Gasteiger partial charge in [-0.3, -0.25) is 9.78 Å². The van der Waals surface area contributed by atoms with Crippen LogP contribution >= 0.6 is 0 Å². The number of imidazole rings is 1.